The third-order valence-corrected chi connectivity index (χ3v) is 6.19. The van der Waals surface area contributed by atoms with Crippen LogP contribution in [0.2, 0.25) is 0 Å². The second kappa shape index (κ2) is 4.62. The molecule has 0 saturated heterocycles. The number of allylic oxidation sites excluding steroid dienone is 2. The Morgan fingerprint density at radius 1 is 1.00 bits per heavy atom. The number of benzene rings is 2. The van der Waals surface area contributed by atoms with Crippen LogP contribution >= 0.6 is 27.5 Å². The molecule has 0 radical (unpaired) electrons. The Morgan fingerprint density at radius 2 is 1.74 bits per heavy atom. The normalized spacial score (nSPS) is 26.7. The van der Waals surface area contributed by atoms with Crippen LogP contribution in [0.3, 0.4) is 0 Å². The molecule has 112 valence electrons. The maximum absolute atomic E-state index is 6.82. The zero-order chi connectivity index (χ0) is 15.6. The fourth-order valence-electron chi connectivity index (χ4n) is 4.03. The number of rotatable bonds is 0. The first-order valence-electron chi connectivity index (χ1n) is 7.55. The van der Waals surface area contributed by atoms with Crippen molar-refractivity contribution < 1.29 is 4.74 Å². The summed E-state index contributed by atoms with van der Waals surface area (Å²) >= 11 is 10.7. The van der Waals surface area contributed by atoms with E-state index < -0.39 is 5.41 Å². The third-order valence-electron chi connectivity index (χ3n) is 4.94. The maximum atomic E-state index is 6.82. The van der Waals surface area contributed by atoms with E-state index in [4.69, 9.17) is 16.3 Å². The molecule has 0 aromatic heterocycles. The minimum atomic E-state index is -0.458. The van der Waals surface area contributed by atoms with Gasteiger partial charge in [0, 0.05) is 15.1 Å². The average molecular weight is 384 g/mol. The number of fused-ring (bicyclic) bond motifs is 3. The lowest BCUT2D eigenvalue weighted by atomic mass is 9.67. The van der Waals surface area contributed by atoms with Gasteiger partial charge in [-0.2, -0.15) is 0 Å². The van der Waals surface area contributed by atoms with Crippen molar-refractivity contribution in [1.29, 1.82) is 0 Å². The Kier molecular flexibility index (Phi) is 2.74. The van der Waals surface area contributed by atoms with Crippen LogP contribution in [0.25, 0.3) is 10.1 Å². The van der Waals surface area contributed by atoms with Crippen LogP contribution in [-0.4, -0.2) is 6.10 Å². The summed E-state index contributed by atoms with van der Waals surface area (Å²) in [6, 6.07) is 16.6. The molecule has 0 amide bonds. The number of hydrogen-bond acceptors (Lipinski definition) is 1. The largest absolute Gasteiger partial charge is 0.484 e. The van der Waals surface area contributed by atoms with Gasteiger partial charge in [0.25, 0.3) is 0 Å². The van der Waals surface area contributed by atoms with Crippen LogP contribution in [-0.2, 0) is 5.41 Å². The van der Waals surface area contributed by atoms with Crippen LogP contribution in [0.1, 0.15) is 16.7 Å². The van der Waals surface area contributed by atoms with Crippen molar-refractivity contribution in [3.8, 4) is 5.75 Å². The molecule has 2 aromatic rings. The molecule has 2 atom stereocenters. The van der Waals surface area contributed by atoms with Gasteiger partial charge in [-0.15, -0.1) is 0 Å². The van der Waals surface area contributed by atoms with E-state index in [1.54, 1.807) is 0 Å². The highest BCUT2D eigenvalue weighted by atomic mass is 79.9. The van der Waals surface area contributed by atoms with Crippen molar-refractivity contribution >= 4 is 37.6 Å². The molecule has 5 rings (SSSR count). The molecule has 0 N–H and O–H groups in total. The number of hydrogen-bond donors (Lipinski definition) is 0. The molecule has 3 heteroatoms. The van der Waals surface area contributed by atoms with Crippen molar-refractivity contribution in [1.82, 2.24) is 0 Å². The van der Waals surface area contributed by atoms with Crippen LogP contribution in [0.15, 0.2) is 71.8 Å². The van der Waals surface area contributed by atoms with Gasteiger partial charge in [-0.3, -0.25) is 0 Å². The van der Waals surface area contributed by atoms with Crippen molar-refractivity contribution in [3.05, 3.63) is 88.5 Å². The number of ether oxygens (including phenoxy) is 1. The molecule has 0 fully saturated rings. The minimum absolute atomic E-state index is 0.138. The summed E-state index contributed by atoms with van der Waals surface area (Å²) in [4.78, 5) is 0. The number of para-hydroxylation sites is 1. The molecule has 1 heterocycles. The van der Waals surface area contributed by atoms with Gasteiger partial charge in [0.1, 0.15) is 11.9 Å². The molecule has 1 nitrogen and oxygen atoms in total. The quantitative estimate of drug-likeness (QED) is 0.571. The van der Waals surface area contributed by atoms with Crippen LogP contribution in [0, 0.1) is 0 Å². The highest BCUT2D eigenvalue weighted by Crippen LogP contribution is 2.63. The molecule has 0 saturated carbocycles. The van der Waals surface area contributed by atoms with Crippen molar-refractivity contribution in [2.24, 2.45) is 0 Å². The predicted octanol–water partition coefficient (Wildman–Crippen LogP) is 5.65. The van der Waals surface area contributed by atoms with Gasteiger partial charge in [0.15, 0.2) is 0 Å². The van der Waals surface area contributed by atoms with Gasteiger partial charge in [-0.25, -0.2) is 0 Å². The van der Waals surface area contributed by atoms with E-state index in [-0.39, 0.29) is 6.10 Å². The predicted molar refractivity (Wildman–Crippen MR) is 97.8 cm³/mol. The summed E-state index contributed by atoms with van der Waals surface area (Å²) in [5.41, 5.74) is 4.24. The van der Waals surface area contributed by atoms with E-state index in [1.807, 2.05) is 30.4 Å². The molecular weight excluding hydrogens is 372 g/mol. The van der Waals surface area contributed by atoms with Gasteiger partial charge in [0.2, 0.25) is 0 Å². The highest BCUT2D eigenvalue weighted by Gasteiger charge is 2.56. The zero-order valence-corrected chi connectivity index (χ0v) is 14.4. The summed E-state index contributed by atoms with van der Waals surface area (Å²) in [5.74, 6) is 0.906. The highest BCUT2D eigenvalue weighted by molar-refractivity contribution is 9.15. The summed E-state index contributed by atoms with van der Waals surface area (Å²) in [7, 11) is 0. The Balaban J connectivity index is 1.95. The molecule has 3 aliphatic rings. The minimum Gasteiger partial charge on any atom is -0.484 e. The fourth-order valence-corrected chi connectivity index (χ4v) is 5.28. The van der Waals surface area contributed by atoms with E-state index in [0.29, 0.717) is 0 Å². The summed E-state index contributed by atoms with van der Waals surface area (Å²) in [5, 5.41) is 0.802. The molecule has 2 aromatic carbocycles. The first kappa shape index (κ1) is 13.6. The third kappa shape index (κ3) is 1.53. The van der Waals surface area contributed by atoms with Crippen molar-refractivity contribution in [3.63, 3.8) is 0 Å². The zero-order valence-electron chi connectivity index (χ0n) is 12.1. The molecule has 0 bridgehead atoms. The Bertz CT molecular complexity index is 940. The van der Waals surface area contributed by atoms with E-state index in [9.17, 15) is 0 Å². The molecular formula is C20H12BrClO. The molecule has 23 heavy (non-hydrogen) atoms. The second-order valence-electron chi connectivity index (χ2n) is 5.98. The van der Waals surface area contributed by atoms with Gasteiger partial charge >= 0.3 is 0 Å². The summed E-state index contributed by atoms with van der Waals surface area (Å²) < 4.78 is 7.46. The standard InChI is InChI=1S/C20H12BrClO/c21-19-12-6-1-3-8-14(12)20-16(22)10-5-11-17(20)23-15-9-4-2-7-13(15)18(19)20/h1-11,17H/t17-,20+/m1/s1. The maximum Gasteiger partial charge on any atom is 0.136 e. The van der Waals surface area contributed by atoms with Crippen LogP contribution in [0.5, 0.6) is 5.75 Å². The van der Waals surface area contributed by atoms with Gasteiger partial charge in [-0.05, 0) is 50.8 Å². The Morgan fingerprint density at radius 3 is 2.61 bits per heavy atom. The summed E-state index contributed by atoms with van der Waals surface area (Å²) in [6.45, 7) is 0. The van der Waals surface area contributed by atoms with Crippen molar-refractivity contribution in [2.75, 3.05) is 0 Å². The lowest BCUT2D eigenvalue weighted by molar-refractivity contribution is 0.191. The van der Waals surface area contributed by atoms with Crippen molar-refractivity contribution in [2.45, 2.75) is 11.5 Å². The van der Waals surface area contributed by atoms with Crippen LogP contribution < -0.4 is 4.74 Å². The van der Waals surface area contributed by atoms with Gasteiger partial charge < -0.3 is 4.74 Å². The van der Waals surface area contributed by atoms with E-state index in [1.165, 1.54) is 16.7 Å². The average Bonchev–Trinajstić information content (AvgIpc) is 2.85. The summed E-state index contributed by atoms with van der Waals surface area (Å²) in [6.07, 6.45) is 5.93. The number of halogens is 2. The van der Waals surface area contributed by atoms with E-state index in [0.717, 1.165) is 20.8 Å². The van der Waals surface area contributed by atoms with Gasteiger partial charge in [0.05, 0.1) is 5.41 Å². The molecule has 2 aliphatic carbocycles. The Hall–Kier alpha value is -1.77. The van der Waals surface area contributed by atoms with Crippen LogP contribution in [0.4, 0.5) is 0 Å². The fraction of sp³-hybridized carbons (Fsp3) is 0.100. The Labute approximate surface area is 148 Å². The SMILES string of the molecule is ClC1=CC=C[C@H]2Oc3ccccc3C3=C(Br)c4ccccc4[C@@]132. The first-order valence-corrected chi connectivity index (χ1v) is 8.72. The molecule has 1 spiro atoms. The molecule has 0 unspecified atom stereocenters. The van der Waals surface area contributed by atoms with E-state index in [2.05, 4.69) is 52.3 Å². The topological polar surface area (TPSA) is 9.23 Å². The monoisotopic (exact) mass is 382 g/mol. The van der Waals surface area contributed by atoms with E-state index >= 15 is 0 Å². The first-order chi connectivity index (χ1) is 11.2. The lowest BCUT2D eigenvalue weighted by Crippen LogP contribution is -2.46. The lowest BCUT2D eigenvalue weighted by Gasteiger charge is -2.44. The second-order valence-corrected chi connectivity index (χ2v) is 7.18. The smallest absolute Gasteiger partial charge is 0.136 e. The molecule has 1 aliphatic heterocycles. The van der Waals surface area contributed by atoms with Gasteiger partial charge in [-0.1, -0.05) is 60.1 Å².